The summed E-state index contributed by atoms with van der Waals surface area (Å²) in [5.74, 6) is 0.843. The molecule has 4 aromatic rings. The molecule has 1 unspecified atom stereocenters. The quantitative estimate of drug-likeness (QED) is 0.311. The first-order valence-electron chi connectivity index (χ1n) is 11.6. The average Bonchev–Trinajstić information content (AvgIpc) is 3.04. The average molecular weight is 464 g/mol. The smallest absolute Gasteiger partial charge is 0.126 e. The predicted octanol–water partition coefficient (Wildman–Crippen LogP) is 7.73. The Bertz CT molecular complexity index is 1440. The Hall–Kier alpha value is -4.12. The number of aryl methyl sites for hydroxylation is 1. The third-order valence-electron chi connectivity index (χ3n) is 6.18. The molecule has 2 heterocycles. The summed E-state index contributed by atoms with van der Waals surface area (Å²) in [6, 6.07) is 23.1. The monoisotopic (exact) mass is 463 g/mol. The van der Waals surface area contributed by atoms with Gasteiger partial charge >= 0.3 is 0 Å². The summed E-state index contributed by atoms with van der Waals surface area (Å²) in [5.41, 5.74) is 8.04. The molecule has 0 radical (unpaired) electrons. The van der Waals surface area contributed by atoms with Gasteiger partial charge in [0.1, 0.15) is 11.6 Å². The minimum absolute atomic E-state index is 0.220. The lowest BCUT2D eigenvalue weighted by Crippen LogP contribution is -2.06. The first kappa shape index (κ1) is 22.7. The lowest BCUT2D eigenvalue weighted by atomic mass is 9.93. The molecule has 1 aliphatic rings. The number of ether oxygens (including phenoxy) is 1. The molecule has 174 valence electrons. The highest BCUT2D eigenvalue weighted by Gasteiger charge is 2.19. The van der Waals surface area contributed by atoms with E-state index in [4.69, 9.17) is 14.7 Å². The summed E-state index contributed by atoms with van der Waals surface area (Å²) in [6.07, 6.45) is 4.54. The molecule has 0 spiro atoms. The molecule has 1 aromatic heterocycles. The van der Waals surface area contributed by atoms with Crippen molar-refractivity contribution in [2.75, 3.05) is 7.11 Å². The fourth-order valence-corrected chi connectivity index (χ4v) is 4.30. The number of benzene rings is 3. The van der Waals surface area contributed by atoms with Gasteiger partial charge in [0.25, 0.3) is 0 Å². The minimum Gasteiger partial charge on any atom is -0.497 e. The molecule has 5 rings (SSSR count). The lowest BCUT2D eigenvalue weighted by molar-refractivity contribution is 0.415. The van der Waals surface area contributed by atoms with Gasteiger partial charge in [0, 0.05) is 29.1 Å². The van der Waals surface area contributed by atoms with Crippen LogP contribution in [0.4, 0.5) is 15.8 Å². The maximum absolute atomic E-state index is 13.9. The Morgan fingerprint density at radius 3 is 2.51 bits per heavy atom. The van der Waals surface area contributed by atoms with Gasteiger partial charge < -0.3 is 4.74 Å². The van der Waals surface area contributed by atoms with Crippen LogP contribution >= 0.6 is 0 Å². The Kier molecular flexibility index (Phi) is 6.23. The van der Waals surface area contributed by atoms with Gasteiger partial charge in [-0.05, 0) is 91.1 Å². The number of pyridine rings is 1. The van der Waals surface area contributed by atoms with Crippen LogP contribution < -0.4 is 4.74 Å². The number of hydrogen-bond acceptors (Lipinski definition) is 4. The van der Waals surface area contributed by atoms with E-state index < -0.39 is 0 Å². The van der Waals surface area contributed by atoms with Crippen LogP contribution in [-0.4, -0.2) is 24.0 Å². The fraction of sp³-hybridized carbons (Fsp3) is 0.167. The normalized spacial score (nSPS) is 16.1. The highest BCUT2D eigenvalue weighted by molar-refractivity contribution is 6.09. The van der Waals surface area contributed by atoms with Crippen LogP contribution in [0.25, 0.3) is 22.4 Å². The van der Waals surface area contributed by atoms with E-state index in [-0.39, 0.29) is 11.7 Å². The molecular weight excluding hydrogens is 437 g/mol. The molecule has 0 bridgehead atoms. The van der Waals surface area contributed by atoms with E-state index in [1.165, 1.54) is 6.07 Å². The topological polar surface area (TPSA) is 46.8 Å². The Labute approximate surface area is 204 Å². The van der Waals surface area contributed by atoms with Crippen LogP contribution in [0.1, 0.15) is 24.5 Å². The Balaban J connectivity index is 1.62. The minimum atomic E-state index is -0.220. The molecule has 0 aliphatic carbocycles. The van der Waals surface area contributed by atoms with E-state index in [1.54, 1.807) is 26.3 Å². The van der Waals surface area contributed by atoms with Gasteiger partial charge in [0.15, 0.2) is 0 Å². The molecule has 0 amide bonds. The molecular formula is C30H26FN3O. The third-order valence-corrected chi connectivity index (χ3v) is 6.18. The molecule has 1 aliphatic heterocycles. The number of rotatable bonds is 4. The molecule has 0 saturated carbocycles. The standard InChI is InChI=1S/C30H26FN3O/c1-19-15-29(34-23-8-10-24(35-3)11-9-23)26-17-21(7-13-28(26)33-18-19)25-5-4-14-32-30(25)22-6-12-27(31)20(2)16-22/h4-14,16-19H,15H2,1-3H3. The zero-order valence-electron chi connectivity index (χ0n) is 20.0. The second kappa shape index (κ2) is 9.63. The van der Waals surface area contributed by atoms with E-state index >= 15 is 0 Å². The molecule has 0 fully saturated rings. The fourth-order valence-electron chi connectivity index (χ4n) is 4.30. The zero-order chi connectivity index (χ0) is 24.4. The number of aromatic nitrogens is 1. The van der Waals surface area contributed by atoms with Gasteiger partial charge in [0.05, 0.1) is 29.9 Å². The first-order valence-corrected chi connectivity index (χ1v) is 11.6. The Morgan fingerprint density at radius 1 is 0.943 bits per heavy atom. The van der Waals surface area contributed by atoms with Crippen molar-refractivity contribution < 1.29 is 9.13 Å². The van der Waals surface area contributed by atoms with Gasteiger partial charge in [-0.3, -0.25) is 15.0 Å². The van der Waals surface area contributed by atoms with Crippen LogP contribution in [0.15, 0.2) is 89.0 Å². The second-order valence-corrected chi connectivity index (χ2v) is 8.81. The maximum atomic E-state index is 13.9. The number of fused-ring (bicyclic) bond motifs is 1. The molecule has 0 N–H and O–H groups in total. The molecule has 35 heavy (non-hydrogen) atoms. The largest absolute Gasteiger partial charge is 0.497 e. The van der Waals surface area contributed by atoms with Crippen molar-refractivity contribution in [2.24, 2.45) is 15.9 Å². The van der Waals surface area contributed by atoms with Crippen LogP contribution in [0, 0.1) is 18.7 Å². The van der Waals surface area contributed by atoms with Gasteiger partial charge in [-0.2, -0.15) is 0 Å². The van der Waals surface area contributed by atoms with Crippen LogP contribution in [0.2, 0.25) is 0 Å². The Morgan fingerprint density at radius 2 is 1.74 bits per heavy atom. The van der Waals surface area contributed by atoms with Gasteiger partial charge in [-0.15, -0.1) is 0 Å². The van der Waals surface area contributed by atoms with Crippen molar-refractivity contribution in [3.63, 3.8) is 0 Å². The summed E-state index contributed by atoms with van der Waals surface area (Å²) >= 11 is 0. The summed E-state index contributed by atoms with van der Waals surface area (Å²) in [6.45, 7) is 3.92. The number of hydrogen-bond donors (Lipinski definition) is 0. The highest BCUT2D eigenvalue weighted by Crippen LogP contribution is 2.36. The van der Waals surface area contributed by atoms with Crippen LogP contribution in [-0.2, 0) is 0 Å². The van der Waals surface area contributed by atoms with Crippen molar-refractivity contribution in [3.05, 3.63) is 95.9 Å². The lowest BCUT2D eigenvalue weighted by Gasteiger charge is -2.14. The van der Waals surface area contributed by atoms with Crippen molar-refractivity contribution in [1.29, 1.82) is 0 Å². The van der Waals surface area contributed by atoms with Crippen molar-refractivity contribution in [2.45, 2.75) is 20.3 Å². The predicted molar refractivity (Wildman–Crippen MR) is 141 cm³/mol. The summed E-state index contributed by atoms with van der Waals surface area (Å²) in [5, 5.41) is 0. The van der Waals surface area contributed by atoms with Gasteiger partial charge in [-0.25, -0.2) is 4.39 Å². The van der Waals surface area contributed by atoms with Crippen molar-refractivity contribution in [1.82, 2.24) is 4.98 Å². The first-order chi connectivity index (χ1) is 17.0. The summed E-state index contributed by atoms with van der Waals surface area (Å²) in [7, 11) is 1.66. The SMILES string of the molecule is COc1ccc(N=C2CC(C)C=Nc3ccc(-c4cccnc4-c4ccc(F)c(C)c4)cc32)cc1. The van der Waals surface area contributed by atoms with Crippen LogP contribution in [0.5, 0.6) is 5.75 Å². The van der Waals surface area contributed by atoms with Crippen molar-refractivity contribution >= 4 is 23.3 Å². The number of aliphatic imine (C=N–C) groups is 2. The highest BCUT2D eigenvalue weighted by atomic mass is 19.1. The zero-order valence-corrected chi connectivity index (χ0v) is 20.0. The number of methoxy groups -OCH3 is 1. The van der Waals surface area contributed by atoms with E-state index in [9.17, 15) is 4.39 Å². The number of nitrogens with zero attached hydrogens (tertiary/aromatic N) is 3. The molecule has 1 atom stereocenters. The van der Waals surface area contributed by atoms with E-state index in [0.717, 1.165) is 57.2 Å². The molecule has 4 nitrogen and oxygen atoms in total. The van der Waals surface area contributed by atoms with Gasteiger partial charge in [0.2, 0.25) is 0 Å². The van der Waals surface area contributed by atoms with E-state index in [1.807, 2.05) is 54.7 Å². The van der Waals surface area contributed by atoms with Crippen molar-refractivity contribution in [3.8, 4) is 28.1 Å². The molecule has 3 aromatic carbocycles. The molecule has 0 saturated heterocycles. The van der Waals surface area contributed by atoms with Gasteiger partial charge in [-0.1, -0.05) is 19.1 Å². The summed E-state index contributed by atoms with van der Waals surface area (Å²) < 4.78 is 19.2. The second-order valence-electron chi connectivity index (χ2n) is 8.81. The van der Waals surface area contributed by atoms with E-state index in [0.29, 0.717) is 5.56 Å². The van der Waals surface area contributed by atoms with Crippen LogP contribution in [0.3, 0.4) is 0 Å². The summed E-state index contributed by atoms with van der Waals surface area (Å²) in [4.78, 5) is 14.4. The maximum Gasteiger partial charge on any atom is 0.126 e. The molecule has 5 heteroatoms. The van der Waals surface area contributed by atoms with E-state index in [2.05, 4.69) is 24.0 Å². The third kappa shape index (κ3) is 4.76. The number of halogens is 1.